The molecular weight excluding hydrogens is 610 g/mol. The second kappa shape index (κ2) is 12.2. The number of hydrogen-bond acceptors (Lipinski definition) is 12. The molecule has 230 valence electrons. The zero-order chi connectivity index (χ0) is 30.9. The average Bonchev–Trinajstić information content (AvgIpc) is 3.46. The molecule has 3 aromatic rings. The molecule has 3 heterocycles. The van der Waals surface area contributed by atoms with E-state index in [2.05, 4.69) is 25.4 Å². The maximum Gasteiger partial charge on any atom is 0.459 e. The number of carbonyl (C=O) groups is 1. The number of nitrogens with zero attached hydrogens (tertiary/aromatic N) is 4. The Bertz CT molecular complexity index is 1470. The predicted molar refractivity (Wildman–Crippen MR) is 144 cm³/mol. The smallest absolute Gasteiger partial charge is 0.459 e. The number of imidazole rings is 1. The van der Waals surface area contributed by atoms with Crippen LogP contribution in [0.1, 0.15) is 20.1 Å². The van der Waals surface area contributed by atoms with Gasteiger partial charge >= 0.3 is 19.9 Å². The summed E-state index contributed by atoms with van der Waals surface area (Å²) in [6.45, 7) is 2.01. The van der Waals surface area contributed by atoms with Crippen LogP contribution in [0.2, 0.25) is 0 Å². The highest BCUT2D eigenvalue weighted by atomic mass is 35.5. The zero-order valence-electron chi connectivity index (χ0n) is 22.4. The Morgan fingerprint density at radius 3 is 2.64 bits per heavy atom. The molecule has 1 aromatic carbocycles. The quantitative estimate of drug-likeness (QED) is 0.137. The van der Waals surface area contributed by atoms with Crippen molar-refractivity contribution in [1.29, 1.82) is 0 Å². The summed E-state index contributed by atoms with van der Waals surface area (Å²) in [5.41, 5.74) is 5.62. The number of carbonyl (C=O) groups excluding carboxylic acids is 1. The SMILES string of the molecule is CCOC(=O)C(C)N[P@@](=O)(OC[C@H]1O[C@@H](n2cnc3c(NC)nc(N)nc32)[C@@](Cl)(C(F)(F)F)[C@@H]1O)Oc1ccccc1. The highest BCUT2D eigenvalue weighted by molar-refractivity contribution is 7.52. The van der Waals surface area contributed by atoms with Crippen molar-refractivity contribution in [3.8, 4) is 5.75 Å². The minimum Gasteiger partial charge on any atom is -0.465 e. The number of alkyl halides is 4. The standard InChI is InChI=1S/C23H28ClF3N7O7P/c1-4-38-19(36)12(2)33-42(37,41-13-8-6-5-7-9-13)39-10-14-16(35)22(24,23(25,26)27)20(40-14)34-11-30-15-17(29-3)31-21(28)32-18(15)34/h5-9,11-12,14,16,20,35H,4,10H2,1-3H3,(H,33,37)(H3,28,29,31,32)/t12?,14-,16-,20-,22-,42-/m1/s1. The number of ether oxygens (including phenoxy) is 2. The largest absolute Gasteiger partial charge is 0.465 e. The fourth-order valence-electron chi connectivity index (χ4n) is 4.18. The summed E-state index contributed by atoms with van der Waals surface area (Å²) in [5.74, 6) is -0.886. The lowest BCUT2D eigenvalue weighted by Gasteiger charge is -2.32. The normalized spacial score (nSPS) is 24.7. The number of fused-ring (bicyclic) bond motifs is 1. The Kier molecular flexibility index (Phi) is 9.20. The van der Waals surface area contributed by atoms with Crippen LogP contribution in [0.5, 0.6) is 5.75 Å². The third-order valence-corrected chi connectivity index (χ3v) is 8.45. The van der Waals surface area contributed by atoms with Crippen LogP contribution >= 0.6 is 19.3 Å². The summed E-state index contributed by atoms with van der Waals surface area (Å²) in [6, 6.07) is 6.46. The van der Waals surface area contributed by atoms with E-state index in [0.29, 0.717) is 0 Å². The lowest BCUT2D eigenvalue weighted by Crippen LogP contribution is -2.53. The number of hydrogen-bond donors (Lipinski definition) is 4. The number of nitrogens with one attached hydrogen (secondary N) is 2. The number of para-hydroxylation sites is 1. The number of halogens is 4. The number of benzene rings is 1. The zero-order valence-corrected chi connectivity index (χ0v) is 24.1. The average molecular weight is 638 g/mol. The number of rotatable bonds is 11. The van der Waals surface area contributed by atoms with Crippen LogP contribution in [-0.2, 0) is 23.4 Å². The monoisotopic (exact) mass is 637 g/mol. The van der Waals surface area contributed by atoms with Gasteiger partial charge in [0.25, 0.3) is 0 Å². The summed E-state index contributed by atoms with van der Waals surface area (Å²) >= 11 is 6.13. The molecular formula is C23H28ClF3N7O7P. The molecule has 2 aromatic heterocycles. The van der Waals surface area contributed by atoms with Crippen LogP contribution in [0.15, 0.2) is 36.7 Å². The van der Waals surface area contributed by atoms with E-state index in [1.807, 2.05) is 0 Å². The number of nitrogens with two attached hydrogens (primary N) is 1. The topological polar surface area (TPSA) is 185 Å². The van der Waals surface area contributed by atoms with E-state index in [4.69, 9.17) is 35.9 Å². The molecule has 1 fully saturated rings. The summed E-state index contributed by atoms with van der Waals surface area (Å²) < 4.78 is 79.4. The molecule has 6 atom stereocenters. The Balaban J connectivity index is 1.66. The van der Waals surface area contributed by atoms with Gasteiger partial charge in [-0.05, 0) is 26.0 Å². The molecule has 5 N–H and O–H groups in total. The molecule has 1 aliphatic heterocycles. The van der Waals surface area contributed by atoms with Gasteiger partial charge in [0.05, 0.1) is 19.5 Å². The van der Waals surface area contributed by atoms with Gasteiger partial charge in [0.2, 0.25) is 10.8 Å². The highest BCUT2D eigenvalue weighted by Gasteiger charge is 2.71. The number of nitrogen functional groups attached to an aromatic ring is 1. The molecule has 0 bridgehead atoms. The van der Waals surface area contributed by atoms with E-state index in [1.165, 1.54) is 26.1 Å². The van der Waals surface area contributed by atoms with E-state index in [9.17, 15) is 27.6 Å². The van der Waals surface area contributed by atoms with Crippen molar-refractivity contribution in [3.63, 3.8) is 0 Å². The van der Waals surface area contributed by atoms with Crippen LogP contribution in [0.25, 0.3) is 11.2 Å². The molecule has 42 heavy (non-hydrogen) atoms. The van der Waals surface area contributed by atoms with Crippen molar-refractivity contribution < 1.29 is 46.2 Å². The van der Waals surface area contributed by atoms with E-state index in [0.717, 1.165) is 10.9 Å². The first-order valence-corrected chi connectivity index (χ1v) is 14.4. The molecule has 0 saturated carbocycles. The number of esters is 1. The highest BCUT2D eigenvalue weighted by Crippen LogP contribution is 2.55. The molecule has 1 unspecified atom stereocenters. The van der Waals surface area contributed by atoms with Crippen LogP contribution in [0, 0.1) is 0 Å². The fraction of sp³-hybridized carbons (Fsp3) is 0.478. The van der Waals surface area contributed by atoms with Crippen molar-refractivity contribution in [3.05, 3.63) is 36.7 Å². The molecule has 0 spiro atoms. The minimum atomic E-state index is -5.24. The summed E-state index contributed by atoms with van der Waals surface area (Å²) in [5, 5.41) is 16.0. The Morgan fingerprint density at radius 2 is 2.02 bits per heavy atom. The van der Waals surface area contributed by atoms with Crippen LogP contribution in [-0.4, -0.2) is 80.2 Å². The number of aliphatic hydroxyl groups excluding tert-OH is 1. The van der Waals surface area contributed by atoms with Gasteiger partial charge in [-0.2, -0.15) is 28.2 Å². The van der Waals surface area contributed by atoms with Crippen molar-refractivity contribution in [2.45, 2.75) is 49.4 Å². The fourth-order valence-corrected chi connectivity index (χ4v) is 5.98. The van der Waals surface area contributed by atoms with Gasteiger partial charge in [0.1, 0.15) is 24.0 Å². The van der Waals surface area contributed by atoms with Gasteiger partial charge < -0.3 is 30.2 Å². The van der Waals surface area contributed by atoms with Gasteiger partial charge in [-0.1, -0.05) is 18.2 Å². The van der Waals surface area contributed by atoms with Crippen molar-refractivity contribution in [1.82, 2.24) is 24.6 Å². The van der Waals surface area contributed by atoms with Crippen LogP contribution < -0.4 is 20.7 Å². The van der Waals surface area contributed by atoms with Gasteiger partial charge in [-0.15, -0.1) is 11.6 Å². The third kappa shape index (κ3) is 6.11. The van der Waals surface area contributed by atoms with E-state index in [1.54, 1.807) is 25.1 Å². The molecule has 4 rings (SSSR count). The Morgan fingerprint density at radius 1 is 1.33 bits per heavy atom. The molecule has 14 nitrogen and oxygen atoms in total. The third-order valence-electron chi connectivity index (χ3n) is 6.18. The first-order valence-electron chi connectivity index (χ1n) is 12.4. The van der Waals surface area contributed by atoms with E-state index in [-0.39, 0.29) is 35.3 Å². The Hall–Kier alpha value is -3.21. The number of aromatic nitrogens is 4. The maximum absolute atomic E-state index is 14.5. The summed E-state index contributed by atoms with van der Waals surface area (Å²) in [4.78, 5) is 20.7. The van der Waals surface area contributed by atoms with Gasteiger partial charge in [0.15, 0.2) is 23.2 Å². The molecule has 0 aliphatic carbocycles. The summed E-state index contributed by atoms with van der Waals surface area (Å²) in [7, 11) is -3.01. The molecule has 0 amide bonds. The summed E-state index contributed by atoms with van der Waals surface area (Å²) in [6.07, 6.45) is -10.6. The predicted octanol–water partition coefficient (Wildman–Crippen LogP) is 2.99. The lowest BCUT2D eigenvalue weighted by molar-refractivity contribution is -0.195. The second-order valence-electron chi connectivity index (χ2n) is 9.04. The second-order valence-corrected chi connectivity index (χ2v) is 11.4. The van der Waals surface area contributed by atoms with Gasteiger partial charge in [-0.25, -0.2) is 9.55 Å². The molecule has 1 saturated heterocycles. The van der Waals surface area contributed by atoms with Gasteiger partial charge in [-0.3, -0.25) is 13.9 Å². The van der Waals surface area contributed by atoms with Gasteiger partial charge in [0, 0.05) is 7.05 Å². The molecule has 0 radical (unpaired) electrons. The molecule has 1 aliphatic rings. The first-order chi connectivity index (χ1) is 19.7. The Labute approximate surface area is 242 Å². The van der Waals surface area contributed by atoms with E-state index < -0.39 is 55.9 Å². The van der Waals surface area contributed by atoms with Crippen molar-refractivity contribution in [2.75, 3.05) is 31.3 Å². The minimum absolute atomic E-state index is 0.0314. The lowest BCUT2D eigenvalue weighted by atomic mass is 9.98. The molecule has 19 heteroatoms. The van der Waals surface area contributed by atoms with Crippen LogP contribution in [0.3, 0.4) is 0 Å². The van der Waals surface area contributed by atoms with Crippen molar-refractivity contribution in [2.24, 2.45) is 0 Å². The van der Waals surface area contributed by atoms with Crippen LogP contribution in [0.4, 0.5) is 24.9 Å². The van der Waals surface area contributed by atoms with Crippen molar-refractivity contribution >= 4 is 48.2 Å². The van der Waals surface area contributed by atoms with E-state index >= 15 is 0 Å². The maximum atomic E-state index is 14.5. The number of aliphatic hydroxyl groups is 1. The number of anilines is 2. The first kappa shape index (κ1) is 31.7.